The minimum atomic E-state index is -0.512. The third-order valence-electron chi connectivity index (χ3n) is 4.16. The second-order valence-electron chi connectivity index (χ2n) is 7.43. The molecule has 1 aliphatic rings. The Bertz CT molecular complexity index is 768. The number of hydrogen-bond acceptors (Lipinski definition) is 4. The molecule has 2 aromatic heterocycles. The summed E-state index contributed by atoms with van der Waals surface area (Å²) < 4.78 is 5.29. The molecule has 2 heterocycles. The highest BCUT2D eigenvalue weighted by Crippen LogP contribution is 2.49. The van der Waals surface area contributed by atoms with Gasteiger partial charge in [-0.3, -0.25) is 9.97 Å². The third-order valence-corrected chi connectivity index (χ3v) is 4.45. The molecule has 6 heteroatoms. The van der Waals surface area contributed by atoms with Crippen LogP contribution >= 0.6 is 11.6 Å². The Morgan fingerprint density at radius 1 is 1.32 bits per heavy atom. The zero-order valence-electron chi connectivity index (χ0n) is 14.7. The van der Waals surface area contributed by atoms with Gasteiger partial charge in [0.2, 0.25) is 0 Å². The van der Waals surface area contributed by atoms with E-state index in [0.717, 1.165) is 29.7 Å². The van der Waals surface area contributed by atoms with Crippen LogP contribution in [0.2, 0.25) is 5.02 Å². The lowest BCUT2D eigenvalue weighted by atomic mass is 10.00. The molecule has 0 radical (unpaired) electrons. The van der Waals surface area contributed by atoms with Gasteiger partial charge in [0, 0.05) is 41.7 Å². The largest absolute Gasteiger partial charge is 0.444 e. The molecule has 0 aromatic carbocycles. The number of pyridine rings is 2. The van der Waals surface area contributed by atoms with Crippen LogP contribution in [0.4, 0.5) is 4.79 Å². The first-order valence-corrected chi connectivity index (χ1v) is 8.70. The number of alkyl carbamates (subject to hydrolysis) is 1. The van der Waals surface area contributed by atoms with Gasteiger partial charge in [0.1, 0.15) is 5.60 Å². The molecule has 0 bridgehead atoms. The Morgan fingerprint density at radius 2 is 2.08 bits per heavy atom. The summed E-state index contributed by atoms with van der Waals surface area (Å²) in [7, 11) is 0. The molecule has 1 N–H and O–H groups in total. The number of hydrogen-bond donors (Lipinski definition) is 1. The van der Waals surface area contributed by atoms with Crippen LogP contribution in [0.25, 0.3) is 11.1 Å². The molecule has 0 spiro atoms. The van der Waals surface area contributed by atoms with Gasteiger partial charge in [-0.1, -0.05) is 17.7 Å². The Morgan fingerprint density at radius 3 is 2.64 bits per heavy atom. The lowest BCUT2D eigenvalue weighted by Gasteiger charge is -2.22. The molecule has 0 atom stereocenters. The summed E-state index contributed by atoms with van der Waals surface area (Å²) in [5, 5.41) is 3.46. The van der Waals surface area contributed by atoms with Crippen LogP contribution in [0.5, 0.6) is 0 Å². The van der Waals surface area contributed by atoms with Crippen molar-refractivity contribution in [3.05, 3.63) is 47.5 Å². The van der Waals surface area contributed by atoms with E-state index in [1.807, 2.05) is 45.2 Å². The predicted octanol–water partition coefficient (Wildman–Crippen LogP) is 4.35. The molecule has 1 saturated carbocycles. The van der Waals surface area contributed by atoms with Gasteiger partial charge in [-0.05, 0) is 45.7 Å². The molecule has 1 fully saturated rings. The molecular weight excluding hydrogens is 338 g/mol. The molecule has 1 aliphatic carbocycles. The van der Waals surface area contributed by atoms with Gasteiger partial charge in [-0.15, -0.1) is 0 Å². The van der Waals surface area contributed by atoms with Crippen molar-refractivity contribution in [3.63, 3.8) is 0 Å². The van der Waals surface area contributed by atoms with Gasteiger partial charge < -0.3 is 10.1 Å². The van der Waals surface area contributed by atoms with E-state index in [1.165, 1.54) is 0 Å². The number of carbonyl (C=O) groups excluding carboxylic acids is 1. The topological polar surface area (TPSA) is 64.1 Å². The molecule has 132 valence electrons. The molecule has 0 unspecified atom stereocenters. The monoisotopic (exact) mass is 359 g/mol. The molecule has 5 nitrogen and oxygen atoms in total. The molecule has 0 aliphatic heterocycles. The first-order valence-electron chi connectivity index (χ1n) is 8.32. The summed E-state index contributed by atoms with van der Waals surface area (Å²) in [6.45, 7) is 6.00. The van der Waals surface area contributed by atoms with Crippen molar-refractivity contribution >= 4 is 17.7 Å². The second kappa shape index (κ2) is 6.64. The number of amides is 1. The molecule has 0 saturated heterocycles. The number of carbonyl (C=O) groups is 1. The van der Waals surface area contributed by atoms with Gasteiger partial charge >= 0.3 is 6.09 Å². The van der Waals surface area contributed by atoms with Gasteiger partial charge in [-0.2, -0.15) is 0 Å². The Kier molecular flexibility index (Phi) is 4.69. The van der Waals surface area contributed by atoms with Gasteiger partial charge in [0.15, 0.2) is 0 Å². The van der Waals surface area contributed by atoms with Crippen LogP contribution in [0.3, 0.4) is 0 Å². The maximum atomic E-state index is 11.9. The summed E-state index contributed by atoms with van der Waals surface area (Å²) >= 11 is 6.50. The summed E-state index contributed by atoms with van der Waals surface area (Å²) in [6, 6.07) is 5.76. The van der Waals surface area contributed by atoms with E-state index in [1.54, 1.807) is 12.4 Å². The van der Waals surface area contributed by atoms with E-state index in [2.05, 4.69) is 15.3 Å². The van der Waals surface area contributed by atoms with E-state index in [9.17, 15) is 4.79 Å². The number of nitrogens with one attached hydrogen (secondary N) is 1. The Labute approximate surface area is 152 Å². The van der Waals surface area contributed by atoms with Gasteiger partial charge in [0.05, 0.1) is 10.7 Å². The van der Waals surface area contributed by atoms with Crippen LogP contribution in [0, 0.1) is 0 Å². The average Bonchev–Trinajstić information content (AvgIpc) is 3.33. The summed E-state index contributed by atoms with van der Waals surface area (Å²) in [4.78, 5) is 20.6. The number of aromatic nitrogens is 2. The fourth-order valence-electron chi connectivity index (χ4n) is 2.72. The average molecular weight is 360 g/mol. The fraction of sp³-hybridized carbons (Fsp3) is 0.421. The van der Waals surface area contributed by atoms with Crippen molar-refractivity contribution in [2.45, 2.75) is 44.6 Å². The number of halogens is 1. The van der Waals surface area contributed by atoms with E-state index in [-0.39, 0.29) is 5.41 Å². The summed E-state index contributed by atoms with van der Waals surface area (Å²) in [5.41, 5.74) is 2.03. The fourth-order valence-corrected chi connectivity index (χ4v) is 3.09. The van der Waals surface area contributed by atoms with Crippen molar-refractivity contribution in [3.8, 4) is 11.1 Å². The lowest BCUT2D eigenvalue weighted by Crippen LogP contribution is -2.37. The zero-order valence-corrected chi connectivity index (χ0v) is 15.4. The standard InChI is InChI=1S/C19H22ClN3O2/c1-18(2,3)25-17(24)23-12-19(6-7-19)16-15(20)9-14(11-22-16)13-5-4-8-21-10-13/h4-5,8-11H,6-7,12H2,1-3H3,(H,23,24). The molecule has 2 aromatic rings. The maximum absolute atomic E-state index is 11.9. The zero-order chi connectivity index (χ0) is 18.1. The minimum absolute atomic E-state index is 0.193. The Hall–Kier alpha value is -2.14. The van der Waals surface area contributed by atoms with Crippen molar-refractivity contribution < 1.29 is 9.53 Å². The van der Waals surface area contributed by atoms with Gasteiger partial charge in [-0.25, -0.2) is 4.79 Å². The minimum Gasteiger partial charge on any atom is -0.444 e. The van der Waals surface area contributed by atoms with Crippen LogP contribution in [-0.2, 0) is 10.2 Å². The van der Waals surface area contributed by atoms with Gasteiger partial charge in [0.25, 0.3) is 0 Å². The lowest BCUT2D eigenvalue weighted by molar-refractivity contribution is 0.0522. The SMILES string of the molecule is CC(C)(C)OC(=O)NCC1(c2ncc(-c3cccnc3)cc2Cl)CC1. The first-order chi connectivity index (χ1) is 11.8. The molecule has 1 amide bonds. The van der Waals surface area contributed by atoms with Crippen LogP contribution in [-0.4, -0.2) is 28.2 Å². The highest BCUT2D eigenvalue weighted by atomic mass is 35.5. The van der Waals surface area contributed by atoms with Crippen molar-refractivity contribution in [1.29, 1.82) is 0 Å². The molecular formula is C19H22ClN3O2. The highest BCUT2D eigenvalue weighted by Gasteiger charge is 2.47. The van der Waals surface area contributed by atoms with Crippen LogP contribution in [0.15, 0.2) is 36.8 Å². The van der Waals surface area contributed by atoms with Crippen LogP contribution < -0.4 is 5.32 Å². The van der Waals surface area contributed by atoms with E-state index in [4.69, 9.17) is 16.3 Å². The quantitative estimate of drug-likeness (QED) is 0.881. The smallest absolute Gasteiger partial charge is 0.407 e. The third kappa shape index (κ3) is 4.28. The highest BCUT2D eigenvalue weighted by molar-refractivity contribution is 6.31. The Balaban J connectivity index is 1.72. The normalized spacial score (nSPS) is 15.5. The first kappa shape index (κ1) is 17.7. The summed E-state index contributed by atoms with van der Waals surface area (Å²) in [6.07, 6.45) is 6.80. The molecule has 25 heavy (non-hydrogen) atoms. The predicted molar refractivity (Wildman–Crippen MR) is 97.6 cm³/mol. The second-order valence-corrected chi connectivity index (χ2v) is 7.84. The number of nitrogens with zero attached hydrogens (tertiary/aromatic N) is 2. The van der Waals surface area contributed by atoms with Crippen molar-refractivity contribution in [2.24, 2.45) is 0 Å². The van der Waals surface area contributed by atoms with E-state index < -0.39 is 11.7 Å². The summed E-state index contributed by atoms with van der Waals surface area (Å²) in [5.74, 6) is 0. The van der Waals surface area contributed by atoms with E-state index in [0.29, 0.717) is 11.6 Å². The van der Waals surface area contributed by atoms with Crippen molar-refractivity contribution in [1.82, 2.24) is 15.3 Å². The van der Waals surface area contributed by atoms with Crippen LogP contribution in [0.1, 0.15) is 39.3 Å². The number of ether oxygens (including phenoxy) is 1. The van der Waals surface area contributed by atoms with E-state index >= 15 is 0 Å². The molecule has 3 rings (SSSR count). The maximum Gasteiger partial charge on any atom is 0.407 e. The number of rotatable bonds is 4. The van der Waals surface area contributed by atoms with Crippen molar-refractivity contribution in [2.75, 3.05) is 6.54 Å².